The van der Waals surface area contributed by atoms with E-state index in [2.05, 4.69) is 10.1 Å². The van der Waals surface area contributed by atoms with Crippen LogP contribution >= 0.6 is 0 Å². The second kappa shape index (κ2) is 5.74. The van der Waals surface area contributed by atoms with Gasteiger partial charge in [0.25, 0.3) is 11.6 Å². The van der Waals surface area contributed by atoms with E-state index in [0.717, 1.165) is 29.5 Å². The average molecular weight is 321 g/mol. The monoisotopic (exact) mass is 321 g/mol. The lowest BCUT2D eigenvalue weighted by atomic mass is 10.1. The molecule has 2 heterocycles. The Bertz CT molecular complexity index is 898. The average Bonchev–Trinajstić information content (AvgIpc) is 3.38. The van der Waals surface area contributed by atoms with E-state index in [1.165, 1.54) is 0 Å². The fraction of sp³-hybridized carbons (Fsp3) is 0.316. The van der Waals surface area contributed by atoms with E-state index < -0.39 is 0 Å². The summed E-state index contributed by atoms with van der Waals surface area (Å²) in [5, 5.41) is 4.72. The number of fused-ring (bicyclic) bond motifs is 1. The van der Waals surface area contributed by atoms with Gasteiger partial charge in [-0.05, 0) is 31.4 Å². The molecule has 0 saturated heterocycles. The third-order valence-electron chi connectivity index (χ3n) is 4.47. The van der Waals surface area contributed by atoms with E-state index in [1.54, 1.807) is 4.90 Å². The van der Waals surface area contributed by atoms with Crippen LogP contribution in [0, 0.1) is 6.92 Å². The highest BCUT2D eigenvalue weighted by Crippen LogP contribution is 2.40. The number of benzene rings is 1. The zero-order valence-electron chi connectivity index (χ0n) is 13.8. The van der Waals surface area contributed by atoms with E-state index in [9.17, 15) is 4.79 Å². The smallest absolute Gasteiger partial charge is 0.259 e. The summed E-state index contributed by atoms with van der Waals surface area (Å²) in [7, 11) is 1.82. The number of rotatable bonds is 4. The lowest BCUT2D eigenvalue weighted by Crippen LogP contribution is -2.26. The van der Waals surface area contributed by atoms with E-state index in [1.807, 2.05) is 50.4 Å². The molecule has 5 nitrogen and oxygen atoms in total. The topological polar surface area (TPSA) is 59.2 Å². The molecule has 1 aliphatic carbocycles. The summed E-state index contributed by atoms with van der Waals surface area (Å²) in [6, 6.07) is 11.9. The van der Waals surface area contributed by atoms with E-state index in [-0.39, 0.29) is 5.91 Å². The quantitative estimate of drug-likeness (QED) is 0.735. The first kappa shape index (κ1) is 14.9. The van der Waals surface area contributed by atoms with Crippen LogP contribution in [0.5, 0.6) is 0 Å². The maximum atomic E-state index is 13.0. The first-order chi connectivity index (χ1) is 11.6. The molecule has 2 aromatic heterocycles. The molecule has 1 amide bonds. The first-order valence-electron chi connectivity index (χ1n) is 8.20. The van der Waals surface area contributed by atoms with Crippen molar-refractivity contribution in [2.45, 2.75) is 32.2 Å². The fourth-order valence-corrected chi connectivity index (χ4v) is 3.01. The van der Waals surface area contributed by atoms with Crippen LogP contribution in [0.1, 0.15) is 46.1 Å². The molecule has 0 atom stereocenters. The van der Waals surface area contributed by atoms with Gasteiger partial charge >= 0.3 is 0 Å². The number of aryl methyl sites for hydroxylation is 1. The molecule has 4 rings (SSSR count). The van der Waals surface area contributed by atoms with Gasteiger partial charge < -0.3 is 9.42 Å². The molecule has 24 heavy (non-hydrogen) atoms. The number of hydrogen-bond acceptors (Lipinski definition) is 4. The van der Waals surface area contributed by atoms with Crippen molar-refractivity contribution in [1.82, 2.24) is 15.0 Å². The Labute approximate surface area is 140 Å². The zero-order valence-corrected chi connectivity index (χ0v) is 13.8. The molecule has 1 saturated carbocycles. The summed E-state index contributed by atoms with van der Waals surface area (Å²) in [5.41, 5.74) is 3.85. The molecule has 0 spiro atoms. The Hall–Kier alpha value is -2.69. The van der Waals surface area contributed by atoms with Gasteiger partial charge in [-0.3, -0.25) is 4.79 Å². The number of pyridine rings is 1. The van der Waals surface area contributed by atoms with Gasteiger partial charge in [0.1, 0.15) is 0 Å². The van der Waals surface area contributed by atoms with E-state index >= 15 is 0 Å². The molecule has 0 N–H and O–H groups in total. The van der Waals surface area contributed by atoms with E-state index in [4.69, 9.17) is 4.52 Å². The van der Waals surface area contributed by atoms with Gasteiger partial charge in [0.05, 0.1) is 16.6 Å². The van der Waals surface area contributed by atoms with Crippen LogP contribution in [0.25, 0.3) is 11.1 Å². The minimum Gasteiger partial charge on any atom is -0.337 e. The molecule has 0 unspecified atom stereocenters. The highest BCUT2D eigenvalue weighted by Gasteiger charge is 2.29. The van der Waals surface area contributed by atoms with Crippen LogP contribution in [0.15, 0.2) is 40.9 Å². The molecule has 1 fully saturated rings. The number of carbonyl (C=O) groups excluding carboxylic acids is 1. The largest absolute Gasteiger partial charge is 0.337 e. The lowest BCUT2D eigenvalue weighted by Gasteiger charge is -2.18. The Morgan fingerprint density at radius 2 is 2.04 bits per heavy atom. The number of nitrogens with zero attached hydrogens (tertiary/aromatic N) is 3. The first-order valence-corrected chi connectivity index (χ1v) is 8.20. The molecule has 0 bridgehead atoms. The van der Waals surface area contributed by atoms with Crippen LogP contribution in [0.3, 0.4) is 0 Å². The third kappa shape index (κ3) is 2.66. The Kier molecular flexibility index (Phi) is 3.56. The summed E-state index contributed by atoms with van der Waals surface area (Å²) in [6.07, 6.45) is 2.25. The number of hydrogen-bond donors (Lipinski definition) is 0. The number of amides is 1. The summed E-state index contributed by atoms with van der Waals surface area (Å²) >= 11 is 0. The normalized spacial score (nSPS) is 14.1. The van der Waals surface area contributed by atoms with Gasteiger partial charge in [-0.2, -0.15) is 0 Å². The van der Waals surface area contributed by atoms with Crippen LogP contribution in [-0.4, -0.2) is 28.0 Å². The predicted octanol–water partition coefficient (Wildman–Crippen LogP) is 3.68. The summed E-state index contributed by atoms with van der Waals surface area (Å²) < 4.78 is 5.32. The molecule has 1 aliphatic rings. The van der Waals surface area contributed by atoms with Crippen molar-refractivity contribution in [1.29, 1.82) is 0 Å². The van der Waals surface area contributed by atoms with Crippen molar-refractivity contribution in [3.8, 4) is 0 Å². The molecule has 3 aromatic rings. The minimum absolute atomic E-state index is 0.0283. The van der Waals surface area contributed by atoms with Crippen molar-refractivity contribution in [3.05, 3.63) is 58.9 Å². The molecular weight excluding hydrogens is 302 g/mol. The van der Waals surface area contributed by atoms with Crippen molar-refractivity contribution in [2.24, 2.45) is 0 Å². The fourth-order valence-electron chi connectivity index (χ4n) is 3.01. The lowest BCUT2D eigenvalue weighted by molar-refractivity contribution is 0.0786. The molecule has 0 aliphatic heterocycles. The third-order valence-corrected chi connectivity index (χ3v) is 4.47. The Morgan fingerprint density at radius 1 is 1.29 bits per heavy atom. The van der Waals surface area contributed by atoms with Crippen LogP contribution in [-0.2, 0) is 6.54 Å². The summed E-state index contributed by atoms with van der Waals surface area (Å²) in [6.45, 7) is 2.41. The Morgan fingerprint density at radius 3 is 2.75 bits per heavy atom. The summed E-state index contributed by atoms with van der Waals surface area (Å²) in [5.74, 6) is 0.422. The van der Waals surface area contributed by atoms with Gasteiger partial charge in [0, 0.05) is 25.2 Å². The SMILES string of the molecule is Cc1noc2nc(C3CC3)cc(C(=O)N(C)Cc3ccccc3)c12. The molecule has 1 aromatic carbocycles. The van der Waals surface area contributed by atoms with Gasteiger partial charge in [-0.25, -0.2) is 4.98 Å². The maximum Gasteiger partial charge on any atom is 0.259 e. The van der Waals surface area contributed by atoms with Gasteiger partial charge in [0.15, 0.2) is 0 Å². The number of aromatic nitrogens is 2. The minimum atomic E-state index is -0.0283. The predicted molar refractivity (Wildman–Crippen MR) is 90.8 cm³/mol. The molecule has 122 valence electrons. The van der Waals surface area contributed by atoms with Crippen LogP contribution in [0.2, 0.25) is 0 Å². The highest BCUT2D eigenvalue weighted by molar-refractivity contribution is 6.06. The summed E-state index contributed by atoms with van der Waals surface area (Å²) in [4.78, 5) is 19.3. The molecule has 5 heteroatoms. The van der Waals surface area contributed by atoms with Crippen molar-refractivity contribution in [2.75, 3.05) is 7.05 Å². The van der Waals surface area contributed by atoms with Gasteiger partial charge in [0.2, 0.25) is 0 Å². The highest BCUT2D eigenvalue weighted by atomic mass is 16.5. The number of carbonyl (C=O) groups is 1. The van der Waals surface area contributed by atoms with Gasteiger partial charge in [-0.1, -0.05) is 35.5 Å². The van der Waals surface area contributed by atoms with Crippen LogP contribution < -0.4 is 0 Å². The second-order valence-electron chi connectivity index (χ2n) is 6.46. The molecular formula is C19H19N3O2. The van der Waals surface area contributed by atoms with Crippen molar-refractivity contribution >= 4 is 17.0 Å². The molecule has 0 radical (unpaired) electrons. The van der Waals surface area contributed by atoms with Crippen LogP contribution in [0.4, 0.5) is 0 Å². The maximum absolute atomic E-state index is 13.0. The van der Waals surface area contributed by atoms with Crippen molar-refractivity contribution < 1.29 is 9.32 Å². The van der Waals surface area contributed by atoms with Gasteiger partial charge in [-0.15, -0.1) is 0 Å². The second-order valence-corrected chi connectivity index (χ2v) is 6.46. The van der Waals surface area contributed by atoms with E-state index in [0.29, 0.717) is 29.4 Å². The zero-order chi connectivity index (χ0) is 16.7. The van der Waals surface area contributed by atoms with Crippen molar-refractivity contribution in [3.63, 3.8) is 0 Å². The Balaban J connectivity index is 1.71. The standard InChI is InChI=1S/C19H19N3O2/c1-12-17-15(10-16(14-8-9-14)20-18(17)24-21-12)19(23)22(2)11-13-6-4-3-5-7-13/h3-7,10,14H,8-9,11H2,1-2H3.